The summed E-state index contributed by atoms with van der Waals surface area (Å²) < 4.78 is 6.65. The fourth-order valence-electron chi connectivity index (χ4n) is 2.93. The Morgan fingerprint density at radius 1 is 1.06 bits per heavy atom. The lowest BCUT2D eigenvalue weighted by atomic mass is 10.1. The molecule has 2 aromatic heterocycles. The van der Waals surface area contributed by atoms with E-state index in [-0.39, 0.29) is 12.5 Å². The molecule has 4 aromatic rings. The van der Waals surface area contributed by atoms with Gasteiger partial charge in [0.15, 0.2) is 6.61 Å². The third kappa shape index (κ3) is 5.79. The fourth-order valence-corrected chi connectivity index (χ4v) is 3.29. The molecule has 0 bridgehead atoms. The Hall–Kier alpha value is -3.53. The summed E-state index contributed by atoms with van der Waals surface area (Å²) in [5.41, 5.74) is 4.12. The van der Waals surface area contributed by atoms with E-state index >= 15 is 0 Å². The van der Waals surface area contributed by atoms with Gasteiger partial charge in [0.05, 0.1) is 5.69 Å². The van der Waals surface area contributed by atoms with Crippen LogP contribution >= 0.6 is 22.6 Å². The lowest BCUT2D eigenvalue weighted by Crippen LogP contribution is -2.20. The summed E-state index contributed by atoms with van der Waals surface area (Å²) in [5.74, 6) is 0.866. The molecule has 0 saturated carbocycles. The number of anilines is 3. The molecule has 2 heterocycles. The third-order valence-corrected chi connectivity index (χ3v) is 5.28. The zero-order valence-electron chi connectivity index (χ0n) is 17.2. The van der Waals surface area contributed by atoms with Gasteiger partial charge in [-0.15, -0.1) is 0 Å². The molecule has 2 aromatic carbocycles. The summed E-state index contributed by atoms with van der Waals surface area (Å²) in [5, 5.41) is 6.09. The number of carbonyl (C=O) groups is 1. The average Bonchev–Trinajstić information content (AvgIpc) is 2.82. The molecule has 1 amide bonds. The number of carbonyl (C=O) groups excluding carboxylic acids is 1. The molecule has 0 radical (unpaired) electrons. The summed E-state index contributed by atoms with van der Waals surface area (Å²) in [7, 11) is 0. The Labute approximate surface area is 199 Å². The van der Waals surface area contributed by atoms with Crippen LogP contribution in [0.25, 0.3) is 11.3 Å². The van der Waals surface area contributed by atoms with Crippen LogP contribution in [-0.2, 0) is 4.79 Å². The highest BCUT2D eigenvalue weighted by Gasteiger charge is 2.08. The number of rotatable bonds is 7. The van der Waals surface area contributed by atoms with E-state index in [0.29, 0.717) is 17.4 Å². The van der Waals surface area contributed by atoms with Gasteiger partial charge in [-0.25, -0.2) is 9.97 Å². The second-order valence-corrected chi connectivity index (χ2v) is 8.20. The van der Waals surface area contributed by atoms with Gasteiger partial charge in [-0.2, -0.15) is 0 Å². The number of nitrogens with zero attached hydrogens (tertiary/aromatic N) is 3. The number of hydrogen-bond donors (Lipinski definition) is 2. The van der Waals surface area contributed by atoms with Gasteiger partial charge in [-0.05, 0) is 89.7 Å². The Morgan fingerprint density at radius 2 is 1.91 bits per heavy atom. The number of ether oxygens (including phenoxy) is 1. The third-order valence-electron chi connectivity index (χ3n) is 4.56. The summed E-state index contributed by atoms with van der Waals surface area (Å²) in [6, 6.07) is 18.8. The van der Waals surface area contributed by atoms with Crippen LogP contribution in [0, 0.1) is 10.5 Å². The molecule has 0 aliphatic carbocycles. The largest absolute Gasteiger partial charge is 0.484 e. The van der Waals surface area contributed by atoms with Gasteiger partial charge in [0, 0.05) is 39.1 Å². The lowest BCUT2D eigenvalue weighted by molar-refractivity contribution is -0.118. The maximum Gasteiger partial charge on any atom is 0.262 e. The Bertz CT molecular complexity index is 1220. The molecule has 8 heteroatoms. The van der Waals surface area contributed by atoms with Crippen molar-refractivity contribution >= 4 is 45.8 Å². The van der Waals surface area contributed by atoms with Crippen molar-refractivity contribution in [3.05, 3.63) is 88.4 Å². The van der Waals surface area contributed by atoms with E-state index in [1.54, 1.807) is 18.6 Å². The summed E-state index contributed by atoms with van der Waals surface area (Å²) in [6.07, 6.45) is 5.17. The van der Waals surface area contributed by atoms with E-state index in [1.165, 1.54) is 0 Å². The topological polar surface area (TPSA) is 89.0 Å². The van der Waals surface area contributed by atoms with Crippen LogP contribution in [0.1, 0.15) is 5.56 Å². The Morgan fingerprint density at radius 3 is 2.69 bits per heavy atom. The fraction of sp³-hybridized carbons (Fsp3) is 0.0833. The molecule has 4 rings (SSSR count). The normalized spacial score (nSPS) is 10.4. The van der Waals surface area contributed by atoms with Crippen molar-refractivity contribution in [2.75, 3.05) is 17.2 Å². The van der Waals surface area contributed by atoms with E-state index in [2.05, 4.69) is 48.2 Å². The molecular formula is C24H20IN5O2. The number of nitrogens with one attached hydrogen (secondary N) is 2. The highest BCUT2D eigenvalue weighted by Crippen LogP contribution is 2.24. The van der Waals surface area contributed by atoms with E-state index in [4.69, 9.17) is 4.74 Å². The first-order valence-electron chi connectivity index (χ1n) is 9.86. The van der Waals surface area contributed by atoms with Gasteiger partial charge in [-0.1, -0.05) is 6.07 Å². The monoisotopic (exact) mass is 537 g/mol. The molecule has 2 N–H and O–H groups in total. The maximum absolute atomic E-state index is 12.3. The van der Waals surface area contributed by atoms with Gasteiger partial charge in [0.1, 0.15) is 5.75 Å². The second kappa shape index (κ2) is 10.2. The summed E-state index contributed by atoms with van der Waals surface area (Å²) >= 11 is 2.22. The Balaban J connectivity index is 1.42. The molecule has 7 nitrogen and oxygen atoms in total. The molecule has 0 saturated heterocycles. The molecule has 160 valence electrons. The minimum Gasteiger partial charge on any atom is -0.484 e. The van der Waals surface area contributed by atoms with Gasteiger partial charge in [-0.3, -0.25) is 9.78 Å². The number of aryl methyl sites for hydroxylation is 1. The predicted molar refractivity (Wildman–Crippen MR) is 133 cm³/mol. The van der Waals surface area contributed by atoms with Crippen molar-refractivity contribution in [2.24, 2.45) is 0 Å². The first-order chi connectivity index (χ1) is 15.6. The van der Waals surface area contributed by atoms with Crippen molar-refractivity contribution in [3.8, 4) is 17.0 Å². The molecule has 0 atom stereocenters. The van der Waals surface area contributed by atoms with Gasteiger partial charge in [0.2, 0.25) is 5.95 Å². The summed E-state index contributed by atoms with van der Waals surface area (Å²) in [6.45, 7) is 1.90. The van der Waals surface area contributed by atoms with Crippen molar-refractivity contribution in [1.29, 1.82) is 0 Å². The van der Waals surface area contributed by atoms with Crippen LogP contribution < -0.4 is 15.4 Å². The van der Waals surface area contributed by atoms with Crippen LogP contribution in [0.2, 0.25) is 0 Å². The standard InChI is InChI=1S/C24H20IN5O2/c1-16-4-7-19(28-23(31)15-32-20-8-5-18(25)6-9-20)13-22(16)30-24-27-12-10-21(29-24)17-3-2-11-26-14-17/h2-14H,15H2,1H3,(H,28,31)(H,27,29,30). The molecule has 0 unspecified atom stereocenters. The van der Waals surface area contributed by atoms with Gasteiger partial charge >= 0.3 is 0 Å². The quantitative estimate of drug-likeness (QED) is 0.315. The maximum atomic E-state index is 12.3. The second-order valence-electron chi connectivity index (χ2n) is 6.95. The van der Waals surface area contributed by atoms with Crippen LogP contribution in [0.4, 0.5) is 17.3 Å². The number of pyridine rings is 1. The smallest absolute Gasteiger partial charge is 0.262 e. The molecule has 0 aliphatic rings. The minimum absolute atomic E-state index is 0.0759. The minimum atomic E-state index is -0.242. The lowest BCUT2D eigenvalue weighted by Gasteiger charge is -2.12. The number of benzene rings is 2. The highest BCUT2D eigenvalue weighted by atomic mass is 127. The Kier molecular flexibility index (Phi) is 6.90. The average molecular weight is 537 g/mol. The first-order valence-corrected chi connectivity index (χ1v) is 10.9. The molecule has 0 spiro atoms. The molecule has 32 heavy (non-hydrogen) atoms. The van der Waals surface area contributed by atoms with E-state index in [1.807, 2.05) is 67.6 Å². The zero-order chi connectivity index (χ0) is 22.3. The highest BCUT2D eigenvalue weighted by molar-refractivity contribution is 14.1. The van der Waals surface area contributed by atoms with Gasteiger partial charge in [0.25, 0.3) is 5.91 Å². The molecule has 0 aliphatic heterocycles. The molecule has 0 fully saturated rings. The van der Waals surface area contributed by atoms with Crippen LogP contribution in [0.15, 0.2) is 79.3 Å². The van der Waals surface area contributed by atoms with Gasteiger partial charge < -0.3 is 15.4 Å². The predicted octanol–water partition coefficient (Wildman–Crippen LogP) is 5.21. The summed E-state index contributed by atoms with van der Waals surface area (Å²) in [4.78, 5) is 25.3. The first kappa shape index (κ1) is 21.7. The van der Waals surface area contributed by atoms with Crippen molar-refractivity contribution < 1.29 is 9.53 Å². The van der Waals surface area contributed by atoms with Crippen molar-refractivity contribution in [1.82, 2.24) is 15.0 Å². The number of hydrogen-bond acceptors (Lipinski definition) is 6. The van der Waals surface area contributed by atoms with E-state index < -0.39 is 0 Å². The van der Waals surface area contributed by atoms with Crippen molar-refractivity contribution in [3.63, 3.8) is 0 Å². The zero-order valence-corrected chi connectivity index (χ0v) is 19.4. The number of amides is 1. The number of halogens is 1. The molecular weight excluding hydrogens is 517 g/mol. The van der Waals surface area contributed by atoms with Crippen LogP contribution in [0.5, 0.6) is 5.75 Å². The SMILES string of the molecule is Cc1ccc(NC(=O)COc2ccc(I)cc2)cc1Nc1nccc(-c2cccnc2)n1. The van der Waals surface area contributed by atoms with Crippen LogP contribution in [-0.4, -0.2) is 27.5 Å². The van der Waals surface area contributed by atoms with Crippen LogP contribution in [0.3, 0.4) is 0 Å². The van der Waals surface area contributed by atoms with Crippen molar-refractivity contribution in [2.45, 2.75) is 6.92 Å². The van der Waals surface area contributed by atoms with E-state index in [0.717, 1.165) is 26.1 Å². The number of aromatic nitrogens is 3. The van der Waals surface area contributed by atoms with E-state index in [9.17, 15) is 4.79 Å².